The first-order valence-corrected chi connectivity index (χ1v) is 5.51. The van der Waals surface area contributed by atoms with Gasteiger partial charge in [-0.05, 0) is 24.3 Å². The second-order valence-electron chi connectivity index (χ2n) is 4.01. The van der Waals surface area contributed by atoms with Gasteiger partial charge in [-0.3, -0.25) is 4.79 Å². The normalized spacial score (nSPS) is 10.8. The lowest BCUT2D eigenvalue weighted by Crippen LogP contribution is -2.10. The Morgan fingerprint density at radius 1 is 1.33 bits per heavy atom. The molecule has 0 aromatic carbocycles. The SMILES string of the molecule is CN(C)/C=N/C(=O)c1ccc(-n2cccc2)cn1. The molecule has 0 saturated heterocycles. The minimum absolute atomic E-state index is 0.337. The monoisotopic (exact) mass is 242 g/mol. The summed E-state index contributed by atoms with van der Waals surface area (Å²) in [6.07, 6.45) is 6.95. The second kappa shape index (κ2) is 5.27. The summed E-state index contributed by atoms with van der Waals surface area (Å²) in [5.41, 5.74) is 1.25. The van der Waals surface area contributed by atoms with E-state index in [0.29, 0.717) is 5.69 Å². The molecular formula is C13H14N4O. The van der Waals surface area contributed by atoms with Crippen LogP contribution in [0.3, 0.4) is 0 Å². The van der Waals surface area contributed by atoms with Crippen LogP contribution in [0.25, 0.3) is 5.69 Å². The van der Waals surface area contributed by atoms with Crippen molar-refractivity contribution in [3.8, 4) is 5.69 Å². The van der Waals surface area contributed by atoms with Crippen molar-refractivity contribution in [3.63, 3.8) is 0 Å². The van der Waals surface area contributed by atoms with Crippen molar-refractivity contribution in [1.29, 1.82) is 0 Å². The number of aliphatic imine (C=N–C) groups is 1. The first kappa shape index (κ1) is 12.0. The molecule has 2 aromatic rings. The Kier molecular flexibility index (Phi) is 3.52. The van der Waals surface area contributed by atoms with Gasteiger partial charge in [-0.15, -0.1) is 0 Å². The van der Waals surface area contributed by atoms with Gasteiger partial charge in [-0.2, -0.15) is 4.99 Å². The number of aromatic nitrogens is 2. The Bertz CT molecular complexity index is 541. The number of hydrogen-bond donors (Lipinski definition) is 0. The number of amides is 1. The number of nitrogens with zero attached hydrogens (tertiary/aromatic N) is 4. The summed E-state index contributed by atoms with van der Waals surface area (Å²) in [4.78, 5) is 21.2. The van der Waals surface area contributed by atoms with E-state index in [0.717, 1.165) is 5.69 Å². The molecule has 0 bridgehead atoms. The molecule has 18 heavy (non-hydrogen) atoms. The molecule has 5 heteroatoms. The maximum Gasteiger partial charge on any atom is 0.296 e. The van der Waals surface area contributed by atoms with Gasteiger partial charge in [0.15, 0.2) is 0 Å². The molecule has 0 atom stereocenters. The van der Waals surface area contributed by atoms with E-state index in [-0.39, 0.29) is 5.91 Å². The van der Waals surface area contributed by atoms with E-state index >= 15 is 0 Å². The maximum absolute atomic E-state index is 11.7. The fourth-order valence-electron chi connectivity index (χ4n) is 1.41. The molecule has 0 unspecified atom stereocenters. The number of carbonyl (C=O) groups is 1. The molecule has 0 aliphatic carbocycles. The lowest BCUT2D eigenvalue weighted by Gasteiger charge is -2.03. The highest BCUT2D eigenvalue weighted by Crippen LogP contribution is 2.07. The van der Waals surface area contributed by atoms with Crippen molar-refractivity contribution in [2.24, 2.45) is 4.99 Å². The van der Waals surface area contributed by atoms with Crippen molar-refractivity contribution in [1.82, 2.24) is 14.5 Å². The molecule has 2 heterocycles. The van der Waals surface area contributed by atoms with E-state index in [4.69, 9.17) is 0 Å². The third kappa shape index (κ3) is 2.82. The summed E-state index contributed by atoms with van der Waals surface area (Å²) in [5, 5.41) is 0. The number of hydrogen-bond acceptors (Lipinski definition) is 2. The lowest BCUT2D eigenvalue weighted by molar-refractivity contribution is 0.0997. The van der Waals surface area contributed by atoms with Crippen molar-refractivity contribution in [2.75, 3.05) is 14.1 Å². The summed E-state index contributed by atoms with van der Waals surface area (Å²) in [7, 11) is 3.61. The van der Waals surface area contributed by atoms with E-state index in [1.54, 1.807) is 31.3 Å². The zero-order chi connectivity index (χ0) is 13.0. The van der Waals surface area contributed by atoms with E-state index in [2.05, 4.69) is 9.98 Å². The Labute approximate surface area is 105 Å². The molecule has 0 aliphatic rings. The summed E-state index contributed by atoms with van der Waals surface area (Å²) < 4.78 is 1.92. The smallest absolute Gasteiger partial charge is 0.296 e. The summed E-state index contributed by atoms with van der Waals surface area (Å²) in [5.74, 6) is -0.345. The van der Waals surface area contributed by atoms with Crippen LogP contribution >= 0.6 is 0 Å². The average molecular weight is 242 g/mol. The highest BCUT2D eigenvalue weighted by Gasteiger charge is 2.05. The van der Waals surface area contributed by atoms with Crippen LogP contribution < -0.4 is 0 Å². The topological polar surface area (TPSA) is 50.5 Å². The van der Waals surface area contributed by atoms with E-state index in [9.17, 15) is 4.79 Å². The summed E-state index contributed by atoms with van der Waals surface area (Å²) in [6, 6.07) is 7.37. The molecule has 0 fully saturated rings. The minimum Gasteiger partial charge on any atom is -0.369 e. The molecule has 2 rings (SSSR count). The highest BCUT2D eigenvalue weighted by atomic mass is 16.1. The van der Waals surface area contributed by atoms with Crippen LogP contribution in [0.4, 0.5) is 0 Å². The van der Waals surface area contributed by atoms with Crippen LogP contribution in [0.5, 0.6) is 0 Å². The molecular weight excluding hydrogens is 228 g/mol. The quantitative estimate of drug-likeness (QED) is 0.607. The predicted octanol–water partition coefficient (Wildman–Crippen LogP) is 1.60. The van der Waals surface area contributed by atoms with Gasteiger partial charge in [-0.25, -0.2) is 4.98 Å². The maximum atomic E-state index is 11.7. The molecule has 0 radical (unpaired) electrons. The van der Waals surface area contributed by atoms with Crippen molar-refractivity contribution >= 4 is 12.2 Å². The molecule has 5 nitrogen and oxygen atoms in total. The first-order valence-electron chi connectivity index (χ1n) is 5.51. The zero-order valence-electron chi connectivity index (χ0n) is 10.3. The first-order chi connectivity index (χ1) is 8.66. The molecule has 0 spiro atoms. The van der Waals surface area contributed by atoms with E-state index in [1.807, 2.05) is 35.2 Å². The molecule has 0 N–H and O–H groups in total. The Morgan fingerprint density at radius 3 is 2.61 bits per heavy atom. The highest BCUT2D eigenvalue weighted by molar-refractivity contribution is 5.97. The summed E-state index contributed by atoms with van der Waals surface area (Å²) in [6.45, 7) is 0. The fourth-order valence-corrected chi connectivity index (χ4v) is 1.41. The predicted molar refractivity (Wildman–Crippen MR) is 70.1 cm³/mol. The lowest BCUT2D eigenvalue weighted by atomic mass is 10.3. The van der Waals surface area contributed by atoms with Gasteiger partial charge in [0.25, 0.3) is 5.91 Å². The molecule has 2 aromatic heterocycles. The molecule has 0 aliphatic heterocycles. The Balaban J connectivity index is 2.15. The largest absolute Gasteiger partial charge is 0.369 e. The standard InChI is InChI=1S/C13H14N4O/c1-16(2)10-15-13(18)12-6-5-11(9-14-12)17-7-3-4-8-17/h3-10H,1-2H3/b15-10+. The van der Waals surface area contributed by atoms with Crippen LogP contribution in [0, 0.1) is 0 Å². The number of rotatable bonds is 3. The van der Waals surface area contributed by atoms with Crippen molar-refractivity contribution < 1.29 is 4.79 Å². The van der Waals surface area contributed by atoms with Crippen LogP contribution in [0.1, 0.15) is 10.5 Å². The van der Waals surface area contributed by atoms with E-state index in [1.165, 1.54) is 6.34 Å². The van der Waals surface area contributed by atoms with Gasteiger partial charge < -0.3 is 9.47 Å². The van der Waals surface area contributed by atoms with Gasteiger partial charge in [-0.1, -0.05) is 0 Å². The van der Waals surface area contributed by atoms with Crippen LogP contribution in [-0.2, 0) is 0 Å². The number of carbonyl (C=O) groups excluding carboxylic acids is 1. The third-order valence-corrected chi connectivity index (χ3v) is 2.28. The zero-order valence-corrected chi connectivity index (χ0v) is 10.3. The molecule has 0 saturated carbocycles. The van der Waals surface area contributed by atoms with Gasteiger partial charge in [0.2, 0.25) is 0 Å². The number of pyridine rings is 1. The fraction of sp³-hybridized carbons (Fsp3) is 0.154. The van der Waals surface area contributed by atoms with Crippen molar-refractivity contribution in [3.05, 3.63) is 48.5 Å². The van der Waals surface area contributed by atoms with Crippen LogP contribution in [-0.4, -0.2) is 40.8 Å². The molecule has 1 amide bonds. The van der Waals surface area contributed by atoms with Crippen molar-refractivity contribution in [2.45, 2.75) is 0 Å². The second-order valence-corrected chi connectivity index (χ2v) is 4.01. The Morgan fingerprint density at radius 2 is 2.06 bits per heavy atom. The van der Waals surface area contributed by atoms with Crippen LogP contribution in [0.2, 0.25) is 0 Å². The van der Waals surface area contributed by atoms with Gasteiger partial charge in [0.05, 0.1) is 18.2 Å². The van der Waals surface area contributed by atoms with E-state index < -0.39 is 0 Å². The minimum atomic E-state index is -0.345. The van der Waals surface area contributed by atoms with Gasteiger partial charge in [0.1, 0.15) is 5.69 Å². The van der Waals surface area contributed by atoms with Gasteiger partial charge in [0, 0.05) is 26.5 Å². The molecule has 92 valence electrons. The Hall–Kier alpha value is -2.43. The van der Waals surface area contributed by atoms with Crippen LogP contribution in [0.15, 0.2) is 47.8 Å². The summed E-state index contributed by atoms with van der Waals surface area (Å²) >= 11 is 0. The van der Waals surface area contributed by atoms with Gasteiger partial charge >= 0.3 is 0 Å². The average Bonchev–Trinajstić information content (AvgIpc) is 2.90. The third-order valence-electron chi connectivity index (χ3n) is 2.28.